The van der Waals surface area contributed by atoms with Gasteiger partial charge in [0, 0.05) is 25.0 Å². The zero-order valence-corrected chi connectivity index (χ0v) is 11.8. The molecule has 8 nitrogen and oxygen atoms in total. The minimum Gasteiger partial charge on any atom is -0.369 e. The average Bonchev–Trinajstić information content (AvgIpc) is 2.86. The highest BCUT2D eigenvalue weighted by molar-refractivity contribution is 5.92. The van der Waals surface area contributed by atoms with E-state index in [9.17, 15) is 9.59 Å². The first-order valence-electron chi connectivity index (χ1n) is 7.36. The molecule has 4 N–H and O–H groups in total. The van der Waals surface area contributed by atoms with Crippen molar-refractivity contribution in [2.75, 3.05) is 13.1 Å². The molecular weight excluding hydrogens is 272 g/mol. The predicted octanol–water partition coefficient (Wildman–Crippen LogP) is -0.804. The largest absolute Gasteiger partial charge is 0.369 e. The van der Waals surface area contributed by atoms with E-state index in [0.29, 0.717) is 11.7 Å². The van der Waals surface area contributed by atoms with Crippen molar-refractivity contribution >= 4 is 11.8 Å². The van der Waals surface area contributed by atoms with E-state index in [4.69, 9.17) is 5.73 Å². The molecule has 2 fully saturated rings. The summed E-state index contributed by atoms with van der Waals surface area (Å²) in [5.74, 6) is -0.488. The van der Waals surface area contributed by atoms with Crippen molar-refractivity contribution in [3.8, 4) is 0 Å². The van der Waals surface area contributed by atoms with E-state index < -0.39 is 0 Å². The van der Waals surface area contributed by atoms with Crippen molar-refractivity contribution in [3.05, 3.63) is 11.9 Å². The molecule has 0 spiro atoms. The van der Waals surface area contributed by atoms with Crippen molar-refractivity contribution < 1.29 is 9.59 Å². The molecule has 1 aromatic heterocycles. The third-order valence-corrected chi connectivity index (χ3v) is 4.34. The lowest BCUT2D eigenvalue weighted by molar-refractivity contribution is -0.122. The summed E-state index contributed by atoms with van der Waals surface area (Å²) < 4.78 is 1.73. The van der Waals surface area contributed by atoms with E-state index in [2.05, 4.69) is 20.9 Å². The summed E-state index contributed by atoms with van der Waals surface area (Å²) in [6, 6.07) is 0.383. The van der Waals surface area contributed by atoms with Crippen molar-refractivity contribution in [2.45, 2.75) is 37.8 Å². The number of nitrogens with one attached hydrogen (secondary N) is 2. The van der Waals surface area contributed by atoms with E-state index in [-0.39, 0.29) is 23.8 Å². The van der Waals surface area contributed by atoms with Crippen LogP contribution in [0, 0.1) is 5.92 Å². The molecule has 1 saturated heterocycles. The molecule has 3 rings (SSSR count). The fourth-order valence-electron chi connectivity index (χ4n) is 2.80. The van der Waals surface area contributed by atoms with Crippen molar-refractivity contribution in [1.29, 1.82) is 0 Å². The molecule has 8 heteroatoms. The van der Waals surface area contributed by atoms with E-state index >= 15 is 0 Å². The molecule has 2 amide bonds. The number of amides is 2. The van der Waals surface area contributed by atoms with Crippen LogP contribution in [-0.2, 0) is 4.79 Å². The van der Waals surface area contributed by atoms with Gasteiger partial charge in [-0.25, -0.2) is 4.68 Å². The average molecular weight is 292 g/mol. The molecule has 0 aromatic carbocycles. The molecule has 1 aliphatic carbocycles. The number of rotatable bonds is 4. The van der Waals surface area contributed by atoms with Gasteiger partial charge in [0.15, 0.2) is 5.69 Å². The van der Waals surface area contributed by atoms with Crippen LogP contribution in [0.25, 0.3) is 0 Å². The Morgan fingerprint density at radius 1 is 1.29 bits per heavy atom. The topological polar surface area (TPSA) is 115 Å². The molecular formula is C13H20N6O2. The Balaban J connectivity index is 1.52. The number of hydrogen-bond acceptors (Lipinski definition) is 5. The van der Waals surface area contributed by atoms with Gasteiger partial charge in [-0.3, -0.25) is 9.59 Å². The van der Waals surface area contributed by atoms with Gasteiger partial charge in [-0.1, -0.05) is 5.21 Å². The van der Waals surface area contributed by atoms with Crippen LogP contribution in [0.4, 0.5) is 0 Å². The third-order valence-electron chi connectivity index (χ3n) is 4.34. The number of hydrogen-bond donors (Lipinski definition) is 3. The molecule has 0 radical (unpaired) electrons. The molecule has 1 saturated carbocycles. The second-order valence-corrected chi connectivity index (χ2v) is 5.82. The summed E-state index contributed by atoms with van der Waals surface area (Å²) >= 11 is 0. The first-order chi connectivity index (χ1) is 10.1. The monoisotopic (exact) mass is 292 g/mol. The maximum absolute atomic E-state index is 12.1. The number of carbonyl (C=O) groups is 2. The van der Waals surface area contributed by atoms with Gasteiger partial charge in [0.25, 0.3) is 5.91 Å². The second-order valence-electron chi connectivity index (χ2n) is 5.82. The van der Waals surface area contributed by atoms with Crippen LogP contribution in [0.5, 0.6) is 0 Å². The highest BCUT2D eigenvalue weighted by atomic mass is 16.2. The lowest BCUT2D eigenvalue weighted by atomic mass is 9.85. The van der Waals surface area contributed by atoms with Gasteiger partial charge in [-0.15, -0.1) is 5.10 Å². The Morgan fingerprint density at radius 2 is 2.00 bits per heavy atom. The minimum absolute atomic E-state index is 0.0508. The Labute approximate surface area is 122 Å². The summed E-state index contributed by atoms with van der Waals surface area (Å²) in [5, 5.41) is 14.0. The number of carbonyl (C=O) groups excluding carboxylic acids is 2. The molecule has 2 heterocycles. The maximum Gasteiger partial charge on any atom is 0.273 e. The number of nitrogens with zero attached hydrogens (tertiary/aromatic N) is 3. The maximum atomic E-state index is 12.1. The molecule has 0 bridgehead atoms. The Kier molecular flexibility index (Phi) is 3.87. The summed E-state index contributed by atoms with van der Waals surface area (Å²) in [7, 11) is 0. The molecule has 0 atom stereocenters. The summed E-state index contributed by atoms with van der Waals surface area (Å²) in [6.07, 6.45) is 4.72. The summed E-state index contributed by atoms with van der Waals surface area (Å²) in [4.78, 5) is 23.3. The first kappa shape index (κ1) is 14.0. The number of aromatic nitrogens is 3. The van der Waals surface area contributed by atoms with Crippen LogP contribution >= 0.6 is 0 Å². The minimum atomic E-state index is -0.239. The van der Waals surface area contributed by atoms with Crippen LogP contribution < -0.4 is 16.4 Å². The van der Waals surface area contributed by atoms with Gasteiger partial charge in [-0.2, -0.15) is 0 Å². The fraction of sp³-hybridized carbons (Fsp3) is 0.692. The highest BCUT2D eigenvalue weighted by Crippen LogP contribution is 2.24. The van der Waals surface area contributed by atoms with Gasteiger partial charge in [-0.05, 0) is 25.7 Å². The van der Waals surface area contributed by atoms with E-state index in [1.807, 2.05) is 0 Å². The standard InChI is InChI=1S/C13H20N6O2/c14-12(20)8-1-3-9(4-2-8)16-13(21)11-7-19(18-17-11)10-5-15-6-10/h7-10,15H,1-6H2,(H2,14,20)(H,16,21). The molecule has 21 heavy (non-hydrogen) atoms. The van der Waals surface area contributed by atoms with Crippen LogP contribution in [-0.4, -0.2) is 45.9 Å². The van der Waals surface area contributed by atoms with E-state index in [0.717, 1.165) is 38.8 Å². The second kappa shape index (κ2) is 5.80. The number of primary amides is 1. The van der Waals surface area contributed by atoms with Crippen LogP contribution in [0.2, 0.25) is 0 Å². The van der Waals surface area contributed by atoms with Crippen molar-refractivity contribution in [1.82, 2.24) is 25.6 Å². The van der Waals surface area contributed by atoms with Gasteiger partial charge >= 0.3 is 0 Å². The van der Waals surface area contributed by atoms with Gasteiger partial charge < -0.3 is 16.4 Å². The zero-order valence-electron chi connectivity index (χ0n) is 11.8. The molecule has 114 valence electrons. The first-order valence-corrected chi connectivity index (χ1v) is 7.36. The summed E-state index contributed by atoms with van der Waals surface area (Å²) in [5.41, 5.74) is 5.65. The lowest BCUT2D eigenvalue weighted by Crippen LogP contribution is -2.43. The fourth-order valence-corrected chi connectivity index (χ4v) is 2.80. The van der Waals surface area contributed by atoms with Gasteiger partial charge in [0.05, 0.1) is 12.2 Å². The Hall–Kier alpha value is -1.96. The molecule has 0 unspecified atom stereocenters. The zero-order chi connectivity index (χ0) is 14.8. The molecule has 1 aromatic rings. The quantitative estimate of drug-likeness (QED) is 0.672. The van der Waals surface area contributed by atoms with Gasteiger partial charge in [0.2, 0.25) is 5.91 Å². The van der Waals surface area contributed by atoms with Crippen molar-refractivity contribution in [2.24, 2.45) is 11.7 Å². The van der Waals surface area contributed by atoms with Crippen LogP contribution in [0.1, 0.15) is 42.2 Å². The third kappa shape index (κ3) is 3.05. The lowest BCUT2D eigenvalue weighted by Gasteiger charge is -2.27. The predicted molar refractivity (Wildman–Crippen MR) is 74.3 cm³/mol. The van der Waals surface area contributed by atoms with E-state index in [1.165, 1.54) is 0 Å². The Morgan fingerprint density at radius 3 is 2.57 bits per heavy atom. The van der Waals surface area contributed by atoms with Crippen molar-refractivity contribution in [3.63, 3.8) is 0 Å². The van der Waals surface area contributed by atoms with Crippen LogP contribution in [0.3, 0.4) is 0 Å². The van der Waals surface area contributed by atoms with Crippen LogP contribution in [0.15, 0.2) is 6.20 Å². The molecule has 2 aliphatic rings. The van der Waals surface area contributed by atoms with Gasteiger partial charge in [0.1, 0.15) is 0 Å². The highest BCUT2D eigenvalue weighted by Gasteiger charge is 2.27. The number of nitrogens with two attached hydrogens (primary N) is 1. The normalized spacial score (nSPS) is 26.1. The molecule has 1 aliphatic heterocycles. The smallest absolute Gasteiger partial charge is 0.273 e. The SMILES string of the molecule is NC(=O)C1CCC(NC(=O)c2cn(C3CNC3)nn2)CC1. The summed E-state index contributed by atoms with van der Waals surface area (Å²) in [6.45, 7) is 1.73. The van der Waals surface area contributed by atoms with E-state index in [1.54, 1.807) is 10.9 Å². The Bertz CT molecular complexity index is 531.